The van der Waals surface area contributed by atoms with E-state index in [2.05, 4.69) is 0 Å². The maximum absolute atomic E-state index is 12.8. The van der Waals surface area contributed by atoms with Crippen molar-refractivity contribution in [3.05, 3.63) is 0 Å². The van der Waals surface area contributed by atoms with Crippen molar-refractivity contribution in [2.24, 2.45) is 5.92 Å². The molecule has 1 saturated carbocycles. The highest BCUT2D eigenvalue weighted by Gasteiger charge is 2.65. The predicted molar refractivity (Wildman–Crippen MR) is 61.5 cm³/mol. The normalized spacial score (nSPS) is 28.3. The zero-order chi connectivity index (χ0) is 14.3. The Labute approximate surface area is 110 Å². The number of rotatable bonds is 4. The summed E-state index contributed by atoms with van der Waals surface area (Å²) >= 11 is 0. The molecule has 2 rings (SSSR count). The summed E-state index contributed by atoms with van der Waals surface area (Å²) in [7, 11) is -4.15. The van der Waals surface area contributed by atoms with Gasteiger partial charge >= 0.3 is 6.18 Å². The van der Waals surface area contributed by atoms with Crippen LogP contribution in [0.25, 0.3) is 0 Å². The Morgan fingerprint density at radius 2 is 2.00 bits per heavy atom. The lowest BCUT2D eigenvalue weighted by Gasteiger charge is -2.32. The molecule has 1 atom stereocenters. The molecule has 0 amide bonds. The van der Waals surface area contributed by atoms with Crippen LogP contribution in [0.2, 0.25) is 0 Å². The van der Waals surface area contributed by atoms with Gasteiger partial charge in [0.25, 0.3) is 10.2 Å². The molecule has 1 aliphatic heterocycles. The van der Waals surface area contributed by atoms with E-state index >= 15 is 0 Å². The molecule has 0 aromatic rings. The van der Waals surface area contributed by atoms with E-state index < -0.39 is 21.9 Å². The maximum atomic E-state index is 12.8. The lowest BCUT2D eigenvalue weighted by Crippen LogP contribution is -2.54. The van der Waals surface area contributed by atoms with Crippen LogP contribution in [0.5, 0.6) is 0 Å². The Kier molecular flexibility index (Phi) is 3.85. The topological polar surface area (TPSA) is 69.6 Å². The number of nitrogens with zero attached hydrogens (tertiary/aromatic N) is 1. The first-order valence-electron chi connectivity index (χ1n) is 6.17. The van der Waals surface area contributed by atoms with Crippen LogP contribution in [-0.4, -0.2) is 49.2 Å². The molecule has 1 saturated heterocycles. The van der Waals surface area contributed by atoms with E-state index in [1.165, 1.54) is 0 Å². The van der Waals surface area contributed by atoms with E-state index in [4.69, 9.17) is 5.11 Å². The van der Waals surface area contributed by atoms with Gasteiger partial charge in [0.1, 0.15) is 5.54 Å². The minimum atomic E-state index is -4.56. The molecule has 0 aromatic heterocycles. The van der Waals surface area contributed by atoms with Crippen molar-refractivity contribution in [2.45, 2.75) is 37.4 Å². The summed E-state index contributed by atoms with van der Waals surface area (Å²) in [5.74, 6) is -0.202. The zero-order valence-electron chi connectivity index (χ0n) is 10.3. The summed E-state index contributed by atoms with van der Waals surface area (Å²) < 4.78 is 65.0. The highest BCUT2D eigenvalue weighted by Crippen LogP contribution is 2.49. The number of hydrogen-bond acceptors (Lipinski definition) is 3. The Hall–Kier alpha value is -0.380. The highest BCUT2D eigenvalue weighted by molar-refractivity contribution is 7.87. The second-order valence-corrected chi connectivity index (χ2v) is 6.91. The van der Waals surface area contributed by atoms with E-state index in [-0.39, 0.29) is 38.5 Å². The summed E-state index contributed by atoms with van der Waals surface area (Å²) in [4.78, 5) is 0. The van der Waals surface area contributed by atoms with Crippen molar-refractivity contribution in [3.8, 4) is 0 Å². The molecular formula is C10H17F3N2O3S. The van der Waals surface area contributed by atoms with Gasteiger partial charge in [-0.1, -0.05) is 0 Å². The molecule has 2 aliphatic rings. The van der Waals surface area contributed by atoms with Crippen molar-refractivity contribution in [1.82, 2.24) is 9.03 Å². The Balaban J connectivity index is 2.07. The smallest absolute Gasteiger partial charge is 0.396 e. The molecule has 2 fully saturated rings. The Morgan fingerprint density at radius 3 is 2.47 bits per heavy atom. The molecule has 0 bridgehead atoms. The SMILES string of the molecule is O=S(=O)(NC1(C(F)(F)F)CC1)N1CCCC(CO)C1. The number of nitrogens with one attached hydrogen (secondary N) is 1. The summed E-state index contributed by atoms with van der Waals surface area (Å²) in [6, 6.07) is 0. The first-order chi connectivity index (χ1) is 8.70. The fraction of sp³-hybridized carbons (Fsp3) is 1.00. The molecule has 1 unspecified atom stereocenters. The monoisotopic (exact) mass is 302 g/mol. The molecule has 5 nitrogen and oxygen atoms in total. The van der Waals surface area contributed by atoms with Gasteiger partial charge in [0.2, 0.25) is 0 Å². The molecule has 112 valence electrons. The molecule has 1 aliphatic carbocycles. The lowest BCUT2D eigenvalue weighted by molar-refractivity contribution is -0.161. The molecule has 9 heteroatoms. The van der Waals surface area contributed by atoms with Gasteiger partial charge in [0.15, 0.2) is 0 Å². The Bertz CT molecular complexity index is 434. The third-order valence-corrected chi connectivity index (χ3v) is 5.36. The number of piperidine rings is 1. The van der Waals surface area contributed by atoms with Crippen molar-refractivity contribution >= 4 is 10.2 Å². The van der Waals surface area contributed by atoms with Crippen LogP contribution >= 0.6 is 0 Å². The fourth-order valence-electron chi connectivity index (χ4n) is 2.27. The van der Waals surface area contributed by atoms with Gasteiger partial charge in [-0.05, 0) is 31.6 Å². The van der Waals surface area contributed by atoms with Gasteiger partial charge in [0, 0.05) is 19.7 Å². The summed E-state index contributed by atoms with van der Waals surface area (Å²) in [6.45, 7) is 0.107. The molecule has 19 heavy (non-hydrogen) atoms. The van der Waals surface area contributed by atoms with Crippen LogP contribution in [0.3, 0.4) is 0 Å². The third kappa shape index (κ3) is 3.04. The van der Waals surface area contributed by atoms with Crippen LogP contribution in [-0.2, 0) is 10.2 Å². The first kappa shape index (κ1) is 15.0. The summed E-state index contributed by atoms with van der Waals surface area (Å²) in [5.41, 5.74) is -2.28. The van der Waals surface area contributed by atoms with Gasteiger partial charge in [-0.15, -0.1) is 0 Å². The Morgan fingerprint density at radius 1 is 1.37 bits per heavy atom. The molecule has 2 N–H and O–H groups in total. The quantitative estimate of drug-likeness (QED) is 0.800. The minimum absolute atomic E-state index is 0.0692. The number of hydrogen-bond donors (Lipinski definition) is 2. The predicted octanol–water partition coefficient (Wildman–Crippen LogP) is 0.620. The second-order valence-electron chi connectivity index (χ2n) is 5.24. The molecule has 0 aromatic carbocycles. The largest absolute Gasteiger partial charge is 0.407 e. The fourth-order valence-corrected chi connectivity index (χ4v) is 3.99. The van der Waals surface area contributed by atoms with Crippen LogP contribution in [0.4, 0.5) is 13.2 Å². The minimum Gasteiger partial charge on any atom is -0.396 e. The third-order valence-electron chi connectivity index (χ3n) is 3.70. The second kappa shape index (κ2) is 4.87. The van der Waals surface area contributed by atoms with Crippen LogP contribution < -0.4 is 4.72 Å². The van der Waals surface area contributed by atoms with Crippen LogP contribution in [0.1, 0.15) is 25.7 Å². The van der Waals surface area contributed by atoms with Gasteiger partial charge in [-0.25, -0.2) is 0 Å². The van der Waals surface area contributed by atoms with E-state index in [1.54, 1.807) is 4.72 Å². The first-order valence-corrected chi connectivity index (χ1v) is 7.61. The van der Waals surface area contributed by atoms with Gasteiger partial charge in [-0.3, -0.25) is 0 Å². The summed E-state index contributed by atoms with van der Waals surface area (Å²) in [6.07, 6.45) is -3.76. The summed E-state index contributed by atoms with van der Waals surface area (Å²) in [5, 5.41) is 9.03. The van der Waals surface area contributed by atoms with Crippen LogP contribution in [0, 0.1) is 5.92 Å². The van der Waals surface area contributed by atoms with Crippen molar-refractivity contribution in [2.75, 3.05) is 19.7 Å². The lowest BCUT2D eigenvalue weighted by atomic mass is 10.0. The van der Waals surface area contributed by atoms with Crippen LogP contribution in [0.15, 0.2) is 0 Å². The zero-order valence-corrected chi connectivity index (χ0v) is 11.1. The van der Waals surface area contributed by atoms with Gasteiger partial charge in [-0.2, -0.15) is 30.6 Å². The molecular weight excluding hydrogens is 285 g/mol. The van der Waals surface area contributed by atoms with E-state index in [1.807, 2.05) is 0 Å². The average molecular weight is 302 g/mol. The van der Waals surface area contributed by atoms with E-state index in [0.29, 0.717) is 12.8 Å². The molecule has 1 heterocycles. The van der Waals surface area contributed by atoms with Crippen molar-refractivity contribution < 1.29 is 26.7 Å². The van der Waals surface area contributed by atoms with Crippen molar-refractivity contribution in [1.29, 1.82) is 0 Å². The number of alkyl halides is 3. The van der Waals surface area contributed by atoms with E-state index in [9.17, 15) is 21.6 Å². The van der Waals surface area contributed by atoms with Gasteiger partial charge < -0.3 is 5.11 Å². The maximum Gasteiger partial charge on any atom is 0.407 e. The molecule has 0 radical (unpaired) electrons. The van der Waals surface area contributed by atoms with E-state index in [0.717, 1.165) is 4.31 Å². The standard InChI is InChI=1S/C10H17F3N2O3S/c11-10(12,13)9(3-4-9)14-19(17,18)15-5-1-2-8(6-15)7-16/h8,14,16H,1-7H2. The molecule has 0 spiro atoms. The van der Waals surface area contributed by atoms with Crippen molar-refractivity contribution in [3.63, 3.8) is 0 Å². The average Bonchev–Trinajstić information content (AvgIpc) is 3.09. The number of aliphatic hydroxyl groups is 1. The van der Waals surface area contributed by atoms with Gasteiger partial charge in [0.05, 0.1) is 0 Å². The highest BCUT2D eigenvalue weighted by atomic mass is 32.2. The number of halogens is 3. The number of aliphatic hydroxyl groups excluding tert-OH is 1.